The molecule has 0 bridgehead atoms. The fourth-order valence-electron chi connectivity index (χ4n) is 1.32. The van der Waals surface area contributed by atoms with Gasteiger partial charge < -0.3 is 0 Å². The minimum atomic E-state index is -0.495. The summed E-state index contributed by atoms with van der Waals surface area (Å²) in [6, 6.07) is 6.64. The van der Waals surface area contributed by atoms with Gasteiger partial charge in [-0.3, -0.25) is 0 Å². The molecule has 0 fully saturated rings. The van der Waals surface area contributed by atoms with E-state index in [1.165, 1.54) is 17.4 Å². The number of benzene rings is 1. The molecule has 0 saturated carbocycles. The highest BCUT2D eigenvalue weighted by Crippen LogP contribution is 2.36. The minimum absolute atomic E-state index is 0.357. The van der Waals surface area contributed by atoms with Crippen LogP contribution in [0, 0.1) is 5.82 Å². The maximum Gasteiger partial charge on any atom is 0.129 e. The van der Waals surface area contributed by atoms with Crippen LogP contribution in [0.25, 0.3) is 0 Å². The molecular formula is C11H6BrCl2FS. The van der Waals surface area contributed by atoms with Gasteiger partial charge in [0.1, 0.15) is 5.82 Å². The molecule has 2 rings (SSSR count). The Balaban J connectivity index is 2.44. The first-order valence-corrected chi connectivity index (χ1v) is 6.90. The molecule has 2 aromatic rings. The third kappa shape index (κ3) is 2.43. The Hall–Kier alpha value is -0.0900. The molecule has 0 aliphatic carbocycles. The molecule has 1 aromatic carbocycles. The first-order chi connectivity index (χ1) is 7.59. The standard InChI is InChI=1S/C11H6BrCl2FS/c12-7-5-9(15)6(4-8(7)13)11(14)10-2-1-3-16-10/h1-5,11H. The third-order valence-corrected chi connectivity index (χ3v) is 4.84. The lowest BCUT2D eigenvalue weighted by Gasteiger charge is -2.10. The van der Waals surface area contributed by atoms with Crippen molar-refractivity contribution in [2.24, 2.45) is 0 Å². The highest BCUT2D eigenvalue weighted by atomic mass is 79.9. The van der Waals surface area contributed by atoms with Gasteiger partial charge in [0.05, 0.1) is 10.4 Å². The summed E-state index contributed by atoms with van der Waals surface area (Å²) in [4.78, 5) is 0.902. The van der Waals surface area contributed by atoms with E-state index >= 15 is 0 Å². The smallest absolute Gasteiger partial charge is 0.129 e. The van der Waals surface area contributed by atoms with E-state index in [-0.39, 0.29) is 5.82 Å². The van der Waals surface area contributed by atoms with Gasteiger partial charge in [-0.2, -0.15) is 0 Å². The molecule has 0 nitrogen and oxygen atoms in total. The van der Waals surface area contributed by atoms with Gasteiger partial charge in [0.15, 0.2) is 0 Å². The maximum atomic E-state index is 13.7. The minimum Gasteiger partial charge on any atom is -0.207 e. The first kappa shape index (κ1) is 12.4. The van der Waals surface area contributed by atoms with E-state index in [2.05, 4.69) is 15.9 Å². The van der Waals surface area contributed by atoms with Crippen molar-refractivity contribution in [1.82, 2.24) is 0 Å². The van der Waals surface area contributed by atoms with Crippen LogP contribution >= 0.6 is 50.5 Å². The molecule has 0 N–H and O–H groups in total. The van der Waals surface area contributed by atoms with Crippen molar-refractivity contribution in [2.75, 3.05) is 0 Å². The van der Waals surface area contributed by atoms with Crippen LogP contribution < -0.4 is 0 Å². The molecule has 5 heteroatoms. The molecule has 0 amide bonds. The number of halogens is 4. The summed E-state index contributed by atoms with van der Waals surface area (Å²) in [5.41, 5.74) is 0.400. The van der Waals surface area contributed by atoms with Crippen LogP contribution in [0.5, 0.6) is 0 Å². The predicted octanol–water partition coefficient (Wildman–Crippen LogP) is 5.63. The quantitative estimate of drug-likeness (QED) is 0.491. The van der Waals surface area contributed by atoms with Crippen LogP contribution in [0.1, 0.15) is 15.8 Å². The van der Waals surface area contributed by atoms with E-state index in [4.69, 9.17) is 23.2 Å². The molecule has 0 aliphatic heterocycles. The molecule has 84 valence electrons. The van der Waals surface area contributed by atoms with Gasteiger partial charge in [-0.05, 0) is 39.5 Å². The Morgan fingerprint density at radius 3 is 2.75 bits per heavy atom. The first-order valence-electron chi connectivity index (χ1n) is 4.41. The van der Waals surface area contributed by atoms with Crippen LogP contribution in [0.15, 0.2) is 34.1 Å². The molecule has 1 atom stereocenters. The van der Waals surface area contributed by atoms with E-state index in [0.717, 1.165) is 4.88 Å². The monoisotopic (exact) mass is 338 g/mol. The molecule has 16 heavy (non-hydrogen) atoms. The highest BCUT2D eigenvalue weighted by Gasteiger charge is 2.17. The molecular weight excluding hydrogens is 334 g/mol. The van der Waals surface area contributed by atoms with Crippen molar-refractivity contribution in [3.05, 3.63) is 55.4 Å². The van der Waals surface area contributed by atoms with Crippen LogP contribution in [0.3, 0.4) is 0 Å². The largest absolute Gasteiger partial charge is 0.207 e. The second kappa shape index (κ2) is 5.05. The fraction of sp³-hybridized carbons (Fsp3) is 0.0909. The Morgan fingerprint density at radius 2 is 2.12 bits per heavy atom. The summed E-state index contributed by atoms with van der Waals surface area (Å²) in [5, 5.41) is 1.87. The summed E-state index contributed by atoms with van der Waals surface area (Å²) < 4.78 is 14.2. The number of hydrogen-bond acceptors (Lipinski definition) is 1. The number of hydrogen-bond donors (Lipinski definition) is 0. The van der Waals surface area contributed by atoms with Gasteiger partial charge >= 0.3 is 0 Å². The number of thiophene rings is 1. The molecule has 1 heterocycles. The normalized spacial score (nSPS) is 12.8. The summed E-state index contributed by atoms with van der Waals surface area (Å²) in [6.45, 7) is 0. The van der Waals surface area contributed by atoms with Crippen LogP contribution in [-0.2, 0) is 0 Å². The zero-order valence-electron chi connectivity index (χ0n) is 7.88. The second-order valence-corrected chi connectivity index (χ2v) is 5.84. The summed E-state index contributed by atoms with van der Waals surface area (Å²) >= 11 is 16.8. The average Bonchev–Trinajstić information content (AvgIpc) is 2.75. The van der Waals surface area contributed by atoms with E-state index in [1.54, 1.807) is 6.07 Å². The van der Waals surface area contributed by atoms with Crippen molar-refractivity contribution in [2.45, 2.75) is 5.38 Å². The maximum absolute atomic E-state index is 13.7. The number of alkyl halides is 1. The fourth-order valence-corrected chi connectivity index (χ4v) is 2.92. The van der Waals surface area contributed by atoms with Gasteiger partial charge in [0.2, 0.25) is 0 Å². The Bertz CT molecular complexity index is 499. The molecule has 0 saturated heterocycles. The van der Waals surface area contributed by atoms with Crippen LogP contribution in [-0.4, -0.2) is 0 Å². The van der Waals surface area contributed by atoms with E-state index in [0.29, 0.717) is 15.1 Å². The third-order valence-electron chi connectivity index (χ3n) is 2.11. The second-order valence-electron chi connectivity index (χ2n) is 3.17. The van der Waals surface area contributed by atoms with Gasteiger partial charge in [-0.15, -0.1) is 22.9 Å². The van der Waals surface area contributed by atoms with Gasteiger partial charge in [-0.1, -0.05) is 17.7 Å². The lowest BCUT2D eigenvalue weighted by molar-refractivity contribution is 0.612. The van der Waals surface area contributed by atoms with Crippen LogP contribution in [0.2, 0.25) is 5.02 Å². The Labute approximate surface area is 115 Å². The SMILES string of the molecule is Fc1cc(Br)c(Cl)cc1C(Cl)c1cccs1. The van der Waals surface area contributed by atoms with E-state index < -0.39 is 5.38 Å². The van der Waals surface area contributed by atoms with Crippen molar-refractivity contribution in [1.29, 1.82) is 0 Å². The molecule has 0 aliphatic rings. The summed E-state index contributed by atoms with van der Waals surface area (Å²) in [5.74, 6) is -0.357. The predicted molar refractivity (Wildman–Crippen MR) is 71.1 cm³/mol. The highest BCUT2D eigenvalue weighted by molar-refractivity contribution is 9.10. The lowest BCUT2D eigenvalue weighted by atomic mass is 10.1. The Kier molecular flexibility index (Phi) is 3.90. The van der Waals surface area contributed by atoms with Gasteiger partial charge in [0, 0.05) is 14.9 Å². The molecule has 0 spiro atoms. The topological polar surface area (TPSA) is 0 Å². The summed E-state index contributed by atoms with van der Waals surface area (Å²) in [6.07, 6.45) is 0. The molecule has 1 unspecified atom stereocenters. The average molecular weight is 340 g/mol. The van der Waals surface area contributed by atoms with Crippen molar-refractivity contribution >= 4 is 50.5 Å². The van der Waals surface area contributed by atoms with Crippen molar-refractivity contribution < 1.29 is 4.39 Å². The van der Waals surface area contributed by atoms with Crippen LogP contribution in [0.4, 0.5) is 4.39 Å². The molecule has 1 aromatic heterocycles. The molecule has 0 radical (unpaired) electrons. The van der Waals surface area contributed by atoms with Crippen molar-refractivity contribution in [3.63, 3.8) is 0 Å². The van der Waals surface area contributed by atoms with Gasteiger partial charge in [-0.25, -0.2) is 4.39 Å². The zero-order valence-corrected chi connectivity index (χ0v) is 11.8. The lowest BCUT2D eigenvalue weighted by Crippen LogP contribution is -1.95. The number of rotatable bonds is 2. The Morgan fingerprint density at radius 1 is 1.38 bits per heavy atom. The summed E-state index contributed by atoms with van der Waals surface area (Å²) in [7, 11) is 0. The van der Waals surface area contributed by atoms with E-state index in [1.807, 2.05) is 17.5 Å². The zero-order chi connectivity index (χ0) is 11.7. The van der Waals surface area contributed by atoms with E-state index in [9.17, 15) is 4.39 Å². The van der Waals surface area contributed by atoms with Crippen molar-refractivity contribution in [3.8, 4) is 0 Å². The van der Waals surface area contributed by atoms with Gasteiger partial charge in [0.25, 0.3) is 0 Å².